The van der Waals surface area contributed by atoms with Crippen LogP contribution in [-0.2, 0) is 39.3 Å². The number of amides is 2. The summed E-state index contributed by atoms with van der Waals surface area (Å²) in [5.41, 5.74) is 5.22. The van der Waals surface area contributed by atoms with Crippen LogP contribution < -0.4 is 5.32 Å². The Morgan fingerprint density at radius 1 is 1.00 bits per heavy atom. The molecule has 2 aliphatic rings. The van der Waals surface area contributed by atoms with Gasteiger partial charge in [-0.25, -0.2) is 0 Å². The van der Waals surface area contributed by atoms with E-state index >= 15 is 0 Å². The van der Waals surface area contributed by atoms with Gasteiger partial charge < -0.3 is 29.4 Å². The summed E-state index contributed by atoms with van der Waals surface area (Å²) < 4.78 is 53.8. The van der Waals surface area contributed by atoms with Gasteiger partial charge in [0.25, 0.3) is 0 Å². The number of thioether (sulfide) groups is 1. The molecule has 3 heterocycles. The maximum atomic E-state index is 13.0. The molecule has 0 unspecified atom stereocenters. The van der Waals surface area contributed by atoms with E-state index in [2.05, 4.69) is 15.5 Å². The van der Waals surface area contributed by atoms with Crippen LogP contribution in [-0.4, -0.2) is 67.2 Å². The van der Waals surface area contributed by atoms with Gasteiger partial charge in [-0.05, 0) is 46.7 Å². The first-order valence-electron chi connectivity index (χ1n) is 15.9. The van der Waals surface area contributed by atoms with Gasteiger partial charge in [0.1, 0.15) is 12.4 Å². The lowest BCUT2D eigenvalue weighted by molar-refractivity contribution is -0.245. The SMILES string of the molecule is Cn1cnnc1SC[C@@H]1C[C@H](c2ccc(CO)cc2)O[C@H](c2ccc(-c3cccc(CNC(=O)[C@@H]4CCCN4C(=O)C(F)(F)F)c3)cc2)O1. The number of rotatable bonds is 10. The molecule has 1 aromatic heterocycles. The summed E-state index contributed by atoms with van der Waals surface area (Å²) in [6.07, 6.45) is -3.20. The van der Waals surface area contributed by atoms with Crippen molar-refractivity contribution in [2.45, 2.75) is 68.3 Å². The highest BCUT2D eigenvalue weighted by atomic mass is 32.2. The van der Waals surface area contributed by atoms with Gasteiger partial charge in [-0.3, -0.25) is 9.59 Å². The minimum Gasteiger partial charge on any atom is -0.392 e. The summed E-state index contributed by atoms with van der Waals surface area (Å²) in [5, 5.41) is 21.1. The van der Waals surface area contributed by atoms with E-state index in [1.54, 1.807) is 18.1 Å². The molecule has 4 atom stereocenters. The molecule has 0 bridgehead atoms. The Morgan fingerprint density at radius 3 is 2.45 bits per heavy atom. The fourth-order valence-electron chi connectivity index (χ4n) is 6.04. The van der Waals surface area contributed by atoms with E-state index < -0.39 is 30.3 Å². The zero-order valence-corrected chi connectivity index (χ0v) is 27.5. The average Bonchev–Trinajstić information content (AvgIpc) is 3.78. The molecule has 2 amide bonds. The van der Waals surface area contributed by atoms with Gasteiger partial charge >= 0.3 is 12.1 Å². The van der Waals surface area contributed by atoms with Gasteiger partial charge in [0, 0.05) is 37.9 Å². The van der Waals surface area contributed by atoms with Gasteiger partial charge in [0.2, 0.25) is 5.91 Å². The minimum atomic E-state index is -5.02. The maximum absolute atomic E-state index is 13.0. The Balaban J connectivity index is 1.12. The van der Waals surface area contributed by atoms with Crippen molar-refractivity contribution in [2.75, 3.05) is 12.3 Å². The number of carbonyl (C=O) groups is 2. The second-order valence-corrected chi connectivity index (χ2v) is 13.1. The Morgan fingerprint density at radius 2 is 1.76 bits per heavy atom. The fourth-order valence-corrected chi connectivity index (χ4v) is 6.94. The topological polar surface area (TPSA) is 119 Å². The number of nitrogens with zero attached hydrogens (tertiary/aromatic N) is 4. The zero-order chi connectivity index (χ0) is 34.5. The molecule has 0 spiro atoms. The number of halogens is 3. The molecule has 10 nitrogen and oxygen atoms in total. The molecule has 258 valence electrons. The lowest BCUT2D eigenvalue weighted by Gasteiger charge is -2.36. The van der Waals surface area contributed by atoms with Crippen molar-refractivity contribution < 1.29 is 37.3 Å². The number of benzene rings is 3. The largest absolute Gasteiger partial charge is 0.471 e. The number of aliphatic hydroxyl groups excluding tert-OH is 1. The van der Waals surface area contributed by atoms with Crippen molar-refractivity contribution in [2.24, 2.45) is 7.05 Å². The van der Waals surface area contributed by atoms with Crippen LogP contribution in [0.5, 0.6) is 0 Å². The third kappa shape index (κ3) is 8.32. The standard InChI is InChI=1S/C35H36F3N5O5S/c1-42-21-40-41-34(42)49-20-28-17-30(25-9-7-22(19-44)8-10-25)48-32(47-28)26-13-11-24(12-14-26)27-5-2-4-23(16-27)18-39-31(45)29-6-3-15-43(29)33(46)35(36,37)38/h2,4-5,7-14,16,21,28-30,32,44H,3,6,15,17-20H2,1H3,(H,39,45)/t28-,29-,30+,32+/m0/s1. The maximum Gasteiger partial charge on any atom is 0.471 e. The summed E-state index contributed by atoms with van der Waals surface area (Å²) in [4.78, 5) is 25.2. The normalized spacial score (nSPS) is 21.1. The number of ether oxygens (including phenoxy) is 2. The van der Waals surface area contributed by atoms with Gasteiger partial charge in [0.05, 0.1) is 18.8 Å². The van der Waals surface area contributed by atoms with Crippen LogP contribution in [0.1, 0.15) is 53.9 Å². The van der Waals surface area contributed by atoms with Crippen molar-refractivity contribution in [3.05, 3.63) is 101 Å². The molecular weight excluding hydrogens is 659 g/mol. The smallest absolute Gasteiger partial charge is 0.392 e. The van der Waals surface area contributed by atoms with Gasteiger partial charge in [-0.15, -0.1) is 10.2 Å². The van der Waals surface area contributed by atoms with Gasteiger partial charge in [-0.2, -0.15) is 13.2 Å². The second kappa shape index (κ2) is 15.1. The van der Waals surface area contributed by atoms with Crippen LogP contribution in [0.2, 0.25) is 0 Å². The van der Waals surface area contributed by atoms with Crippen LogP contribution in [0.25, 0.3) is 11.1 Å². The third-order valence-electron chi connectivity index (χ3n) is 8.65. The highest BCUT2D eigenvalue weighted by molar-refractivity contribution is 7.99. The van der Waals surface area contributed by atoms with E-state index in [0.29, 0.717) is 23.5 Å². The summed E-state index contributed by atoms with van der Waals surface area (Å²) >= 11 is 1.56. The third-order valence-corrected chi connectivity index (χ3v) is 9.82. The zero-order valence-electron chi connectivity index (χ0n) is 26.7. The number of hydrogen-bond donors (Lipinski definition) is 2. The second-order valence-electron chi connectivity index (χ2n) is 12.1. The number of alkyl halides is 3. The molecule has 49 heavy (non-hydrogen) atoms. The molecule has 3 aromatic carbocycles. The van der Waals surface area contributed by atoms with E-state index in [1.807, 2.05) is 84.4 Å². The number of nitrogens with one attached hydrogen (secondary N) is 1. The quantitative estimate of drug-likeness (QED) is 0.210. The molecule has 4 aromatic rings. The summed E-state index contributed by atoms with van der Waals surface area (Å²) in [5.74, 6) is -1.94. The van der Waals surface area contributed by atoms with Gasteiger partial charge in [0.15, 0.2) is 11.4 Å². The molecule has 2 N–H and O–H groups in total. The van der Waals surface area contributed by atoms with Crippen LogP contribution >= 0.6 is 11.8 Å². The summed E-state index contributed by atoms with van der Waals surface area (Å²) in [6, 6.07) is 21.9. The van der Waals surface area contributed by atoms with Crippen LogP contribution in [0.3, 0.4) is 0 Å². The number of aromatic nitrogens is 3. The minimum absolute atomic E-state index is 0.0366. The molecule has 0 saturated carbocycles. The van der Waals surface area contributed by atoms with Crippen molar-refractivity contribution in [3.8, 4) is 11.1 Å². The first kappa shape index (κ1) is 34.6. The highest BCUT2D eigenvalue weighted by Crippen LogP contribution is 2.40. The Labute approximate surface area is 285 Å². The van der Waals surface area contributed by atoms with E-state index in [4.69, 9.17) is 9.47 Å². The first-order chi connectivity index (χ1) is 23.6. The number of aryl methyl sites for hydroxylation is 1. The molecule has 2 aliphatic heterocycles. The number of hydrogen-bond acceptors (Lipinski definition) is 8. The fraction of sp³-hybridized carbons (Fsp3) is 0.371. The number of aliphatic hydroxyl groups is 1. The number of carbonyl (C=O) groups excluding carboxylic acids is 2. The Kier molecular flexibility index (Phi) is 10.7. The van der Waals surface area contributed by atoms with E-state index in [-0.39, 0.29) is 38.3 Å². The van der Waals surface area contributed by atoms with Crippen LogP contribution in [0.15, 0.2) is 84.3 Å². The monoisotopic (exact) mass is 695 g/mol. The highest BCUT2D eigenvalue weighted by Gasteiger charge is 2.47. The van der Waals surface area contributed by atoms with Crippen molar-refractivity contribution >= 4 is 23.6 Å². The molecule has 0 radical (unpaired) electrons. The van der Waals surface area contributed by atoms with Crippen LogP contribution in [0, 0.1) is 0 Å². The Bertz CT molecular complexity index is 1750. The average molecular weight is 696 g/mol. The van der Waals surface area contributed by atoms with E-state index in [9.17, 15) is 27.9 Å². The molecule has 6 rings (SSSR count). The molecule has 0 aliphatic carbocycles. The van der Waals surface area contributed by atoms with Gasteiger partial charge in [-0.1, -0.05) is 78.5 Å². The first-order valence-corrected chi connectivity index (χ1v) is 16.9. The lowest BCUT2D eigenvalue weighted by Crippen LogP contribution is -2.50. The molecule has 14 heteroatoms. The molecule has 2 fully saturated rings. The molecule has 2 saturated heterocycles. The predicted molar refractivity (Wildman–Crippen MR) is 175 cm³/mol. The van der Waals surface area contributed by atoms with E-state index in [1.165, 1.54) is 0 Å². The summed E-state index contributed by atoms with van der Waals surface area (Å²) in [7, 11) is 1.89. The van der Waals surface area contributed by atoms with Crippen molar-refractivity contribution in [3.63, 3.8) is 0 Å². The lowest BCUT2D eigenvalue weighted by atomic mass is 9.99. The Hall–Kier alpha value is -4.24. The van der Waals surface area contributed by atoms with Crippen LogP contribution in [0.4, 0.5) is 13.2 Å². The molecular formula is C35H36F3N5O5S. The van der Waals surface area contributed by atoms with Crippen molar-refractivity contribution in [1.29, 1.82) is 0 Å². The summed E-state index contributed by atoms with van der Waals surface area (Å²) in [6.45, 7) is -0.0295. The predicted octanol–water partition coefficient (Wildman–Crippen LogP) is 5.48. The van der Waals surface area contributed by atoms with E-state index in [0.717, 1.165) is 38.5 Å². The number of likely N-dealkylation sites (tertiary alicyclic amines) is 1. The van der Waals surface area contributed by atoms with Crippen molar-refractivity contribution in [1.82, 2.24) is 25.0 Å².